The molecule has 1 fully saturated rings. The van der Waals surface area contributed by atoms with E-state index in [1.807, 2.05) is 83.2 Å². The average molecular weight is 704 g/mol. The Morgan fingerprint density at radius 2 is 1.73 bits per heavy atom. The molecule has 10 heteroatoms. The predicted octanol–water partition coefficient (Wildman–Crippen LogP) is 6.46. The number of H-pyrrole nitrogens is 1. The van der Waals surface area contributed by atoms with E-state index in [0.29, 0.717) is 29.4 Å². The summed E-state index contributed by atoms with van der Waals surface area (Å²) in [5.74, 6) is -3.91. The molecule has 0 saturated carbocycles. The third kappa shape index (κ3) is 7.46. The van der Waals surface area contributed by atoms with Crippen LogP contribution in [0.1, 0.15) is 84.9 Å². The number of aromatic nitrogens is 1. The van der Waals surface area contributed by atoms with Crippen molar-refractivity contribution in [1.82, 2.24) is 15.6 Å². The minimum absolute atomic E-state index is 0.0699. The van der Waals surface area contributed by atoms with Crippen molar-refractivity contribution in [1.29, 1.82) is 0 Å². The van der Waals surface area contributed by atoms with Gasteiger partial charge in [-0.1, -0.05) is 87.1 Å². The highest BCUT2D eigenvalue weighted by atomic mass is 16.4. The molecule has 2 aliphatic rings. The van der Waals surface area contributed by atoms with Crippen molar-refractivity contribution in [2.75, 3.05) is 0 Å². The Kier molecular flexibility index (Phi) is 10.7. The molecule has 5 N–H and O–H groups in total. The second kappa shape index (κ2) is 14.8. The van der Waals surface area contributed by atoms with Crippen LogP contribution < -0.4 is 10.6 Å². The molecule has 2 amide bonds. The summed E-state index contributed by atoms with van der Waals surface area (Å²) >= 11 is 0. The Bertz CT molecular complexity index is 2110. The van der Waals surface area contributed by atoms with E-state index in [0.717, 1.165) is 27.7 Å². The molecule has 0 unspecified atom stereocenters. The molecular formula is C42H45N3O7. The Morgan fingerprint density at radius 3 is 2.38 bits per heavy atom. The van der Waals surface area contributed by atoms with Gasteiger partial charge in [0.1, 0.15) is 11.2 Å². The third-order valence-corrected chi connectivity index (χ3v) is 9.97. The van der Waals surface area contributed by atoms with Crippen molar-refractivity contribution in [3.63, 3.8) is 0 Å². The summed E-state index contributed by atoms with van der Waals surface area (Å²) in [5, 5.41) is 26.4. The van der Waals surface area contributed by atoms with Crippen LogP contribution in [0.4, 0.5) is 0 Å². The monoisotopic (exact) mass is 703 g/mol. The molecule has 5 rings (SSSR count). The summed E-state index contributed by atoms with van der Waals surface area (Å²) in [6.45, 7) is 13.7. The van der Waals surface area contributed by atoms with Gasteiger partial charge in [0.15, 0.2) is 6.29 Å². The number of carboxylic acids is 2. The fraction of sp³-hybridized carbons (Fsp3) is 0.310. The molecule has 1 aliphatic carbocycles. The Morgan fingerprint density at radius 1 is 1.02 bits per heavy atom. The average Bonchev–Trinajstić information content (AvgIpc) is 3.45. The molecule has 1 spiro atoms. The van der Waals surface area contributed by atoms with Gasteiger partial charge in [-0.25, -0.2) is 0 Å². The third-order valence-electron chi connectivity index (χ3n) is 9.97. The van der Waals surface area contributed by atoms with Crippen molar-refractivity contribution >= 4 is 53.1 Å². The smallest absolute Gasteiger partial charge is 0.307 e. The van der Waals surface area contributed by atoms with Gasteiger partial charge in [-0.2, -0.15) is 0 Å². The Hall–Kier alpha value is -5.77. The van der Waals surface area contributed by atoms with Crippen LogP contribution in [0, 0.1) is 11.8 Å². The first-order valence-corrected chi connectivity index (χ1v) is 17.3. The van der Waals surface area contributed by atoms with Crippen molar-refractivity contribution in [3.05, 3.63) is 118 Å². The molecule has 2 heterocycles. The standard InChI is InChI=1S/C42H45N3O7/c1-7-41(5,6)38-32(30-10-8-9-11-34(30)43-38)20-35-39(51)45-42(40(52)44-35)22-25(4)13-15-28(42)16-17-29-27(19-36(47)48)18-26(14-12-24(2)3)31(21-37(49)50)33(29)23-46/h7-13,15-18,20,23,25,28,43H,1,14,19,21-22H2,2-6H3,(H,44,52)(H,45,51)(H,47,48)(H,49,50)/b17-16+,35-20-/t25-,28-,42-/m0/s1. The van der Waals surface area contributed by atoms with E-state index in [4.69, 9.17) is 0 Å². The van der Waals surface area contributed by atoms with Crippen LogP contribution in [0.25, 0.3) is 23.1 Å². The lowest BCUT2D eigenvalue weighted by atomic mass is 9.71. The molecule has 52 heavy (non-hydrogen) atoms. The van der Waals surface area contributed by atoms with Gasteiger partial charge in [-0.05, 0) is 67.0 Å². The molecule has 0 bridgehead atoms. The number of carbonyl (C=O) groups is 5. The van der Waals surface area contributed by atoms with Crippen LogP contribution in [0.5, 0.6) is 0 Å². The maximum atomic E-state index is 14.2. The number of carbonyl (C=O) groups excluding carboxylic acids is 3. The molecule has 1 aromatic heterocycles. The number of hydrogen-bond donors (Lipinski definition) is 5. The Labute approximate surface area is 303 Å². The number of piperazine rings is 1. The van der Waals surface area contributed by atoms with Crippen LogP contribution in [-0.2, 0) is 43.9 Å². The molecule has 3 atom stereocenters. The zero-order chi connectivity index (χ0) is 38.0. The molecule has 270 valence electrons. The number of rotatable bonds is 12. The van der Waals surface area contributed by atoms with E-state index in [-0.39, 0.29) is 29.2 Å². The lowest BCUT2D eigenvalue weighted by molar-refractivity contribution is -0.138. The summed E-state index contributed by atoms with van der Waals surface area (Å²) < 4.78 is 0. The fourth-order valence-electron chi connectivity index (χ4n) is 7.16. The minimum Gasteiger partial charge on any atom is -0.481 e. The minimum atomic E-state index is -1.40. The van der Waals surface area contributed by atoms with Crippen molar-refractivity contribution in [2.24, 2.45) is 11.8 Å². The number of hydrogen-bond acceptors (Lipinski definition) is 5. The Balaban J connectivity index is 1.59. The lowest BCUT2D eigenvalue weighted by Gasteiger charge is -2.44. The second-order valence-corrected chi connectivity index (χ2v) is 14.5. The quantitative estimate of drug-likeness (QED) is 0.0821. The highest BCUT2D eigenvalue weighted by molar-refractivity contribution is 6.11. The second-order valence-electron chi connectivity index (χ2n) is 14.5. The highest BCUT2D eigenvalue weighted by Crippen LogP contribution is 2.39. The first-order valence-electron chi connectivity index (χ1n) is 17.3. The number of aromatic amines is 1. The number of aldehydes is 1. The molecule has 2 aromatic carbocycles. The van der Waals surface area contributed by atoms with Crippen LogP contribution in [-0.4, -0.2) is 50.8 Å². The summed E-state index contributed by atoms with van der Waals surface area (Å²) in [5.41, 5.74) is 3.19. The number of carboxylic acid groups (broad SMARTS) is 2. The van der Waals surface area contributed by atoms with Crippen LogP contribution in [0.3, 0.4) is 0 Å². The molecular weight excluding hydrogens is 658 g/mol. The van der Waals surface area contributed by atoms with Gasteiger partial charge in [0.05, 0.1) is 12.8 Å². The summed E-state index contributed by atoms with van der Waals surface area (Å²) in [6.07, 6.45) is 12.7. The van der Waals surface area contributed by atoms with E-state index >= 15 is 0 Å². The van der Waals surface area contributed by atoms with E-state index in [1.165, 1.54) is 0 Å². The maximum absolute atomic E-state index is 14.2. The van der Waals surface area contributed by atoms with Gasteiger partial charge in [0, 0.05) is 39.1 Å². The molecule has 1 saturated heterocycles. The maximum Gasteiger partial charge on any atom is 0.307 e. The zero-order valence-electron chi connectivity index (χ0n) is 30.1. The van der Waals surface area contributed by atoms with Crippen molar-refractivity contribution in [2.45, 2.75) is 71.3 Å². The predicted molar refractivity (Wildman–Crippen MR) is 202 cm³/mol. The van der Waals surface area contributed by atoms with Crippen LogP contribution in [0.2, 0.25) is 0 Å². The van der Waals surface area contributed by atoms with Gasteiger partial charge >= 0.3 is 11.9 Å². The van der Waals surface area contributed by atoms with Gasteiger partial charge in [0.2, 0.25) is 0 Å². The summed E-state index contributed by atoms with van der Waals surface area (Å²) in [6, 6.07) is 9.36. The van der Waals surface area contributed by atoms with Gasteiger partial charge in [-0.3, -0.25) is 24.0 Å². The number of aliphatic carboxylic acids is 2. The van der Waals surface area contributed by atoms with E-state index in [1.54, 1.807) is 24.3 Å². The number of fused-ring (bicyclic) bond motifs is 1. The zero-order valence-corrected chi connectivity index (χ0v) is 30.1. The number of nitrogens with one attached hydrogen (secondary N) is 3. The molecule has 1 aliphatic heterocycles. The number of benzene rings is 2. The lowest BCUT2D eigenvalue weighted by Crippen LogP contribution is -2.68. The SMILES string of the molecule is C=CC(C)(C)c1[nH]c2ccccc2c1/C=C1\NC(=O)[C@@]2(C[C@@H](C)C=C[C@H]2/C=C/c2c(CC(=O)O)cc(CC=C(C)C)c(CC(=O)O)c2C=O)NC1=O. The first kappa shape index (κ1) is 37.5. The normalized spacial score (nSPS) is 21.0. The number of allylic oxidation sites excluding steroid dienone is 4. The molecule has 3 aromatic rings. The largest absolute Gasteiger partial charge is 0.481 e. The molecule has 0 radical (unpaired) electrons. The van der Waals surface area contributed by atoms with E-state index < -0.39 is 53.5 Å². The van der Waals surface area contributed by atoms with Gasteiger partial charge in [0.25, 0.3) is 11.8 Å². The summed E-state index contributed by atoms with van der Waals surface area (Å²) in [4.78, 5) is 68.2. The van der Waals surface area contributed by atoms with Gasteiger partial charge < -0.3 is 25.8 Å². The fourth-order valence-corrected chi connectivity index (χ4v) is 7.16. The highest BCUT2D eigenvalue weighted by Gasteiger charge is 2.51. The first-order chi connectivity index (χ1) is 24.6. The number of amides is 2. The van der Waals surface area contributed by atoms with Crippen molar-refractivity contribution < 1.29 is 34.2 Å². The van der Waals surface area contributed by atoms with Gasteiger partial charge in [-0.15, -0.1) is 6.58 Å². The van der Waals surface area contributed by atoms with Crippen molar-refractivity contribution in [3.8, 4) is 0 Å². The number of para-hydroxylation sites is 1. The molecule has 10 nitrogen and oxygen atoms in total. The van der Waals surface area contributed by atoms with E-state index in [9.17, 15) is 34.2 Å². The van der Waals surface area contributed by atoms with Crippen LogP contribution >= 0.6 is 0 Å². The van der Waals surface area contributed by atoms with E-state index in [2.05, 4.69) is 22.2 Å². The summed E-state index contributed by atoms with van der Waals surface area (Å²) in [7, 11) is 0. The topological polar surface area (TPSA) is 166 Å². The van der Waals surface area contributed by atoms with Crippen LogP contribution in [0.15, 0.2) is 78.6 Å².